The Hall–Kier alpha value is -5.43. The highest BCUT2D eigenvalue weighted by atomic mass is 16.5. The average molecular weight is 827 g/mol. The van der Waals surface area contributed by atoms with E-state index in [-0.39, 0.29) is 31.3 Å². The highest BCUT2D eigenvalue weighted by Crippen LogP contribution is 2.22. The van der Waals surface area contributed by atoms with Crippen LogP contribution in [-0.2, 0) is 40.0 Å². The van der Waals surface area contributed by atoms with Crippen LogP contribution in [0.25, 0.3) is 0 Å². The number of nitrogens with zero attached hydrogens (tertiary/aromatic N) is 3. The Balaban J connectivity index is 0.00000286. The number of aliphatic hydroxyl groups excluding tert-OH is 1. The molecule has 0 spiro atoms. The van der Waals surface area contributed by atoms with Gasteiger partial charge in [-0.15, -0.1) is 0 Å². The maximum Gasteiger partial charge on any atom is 0.300 e. The van der Waals surface area contributed by atoms with Crippen molar-refractivity contribution in [3.8, 4) is 5.75 Å². The molecule has 18 heteroatoms. The van der Waals surface area contributed by atoms with Gasteiger partial charge in [-0.1, -0.05) is 30.3 Å². The van der Waals surface area contributed by atoms with E-state index in [0.29, 0.717) is 29.8 Å². The van der Waals surface area contributed by atoms with Gasteiger partial charge in [0.15, 0.2) is 12.7 Å². The summed E-state index contributed by atoms with van der Waals surface area (Å²) in [6, 6.07) is 12.1. The van der Waals surface area contributed by atoms with Crippen molar-refractivity contribution in [2.45, 2.75) is 89.6 Å². The lowest BCUT2D eigenvalue weighted by molar-refractivity contribution is -0.147. The van der Waals surface area contributed by atoms with Crippen LogP contribution in [0.2, 0.25) is 0 Å². The number of likely N-dealkylation sites (tertiary alicyclic amines) is 1. The van der Waals surface area contributed by atoms with E-state index in [1.165, 1.54) is 9.80 Å². The first-order chi connectivity index (χ1) is 27.7. The highest BCUT2D eigenvalue weighted by molar-refractivity contribution is 5.98. The number of carbonyl (C=O) groups excluding carboxylic acids is 6. The Kier molecular flexibility index (Phi) is 20.6. The Labute approximate surface area is 346 Å². The third-order valence-corrected chi connectivity index (χ3v) is 8.82. The number of rotatable bonds is 19. The molecule has 3 rings (SSSR count). The number of carbonyl (C=O) groups is 7. The van der Waals surface area contributed by atoms with E-state index in [1.807, 2.05) is 34.9 Å². The Bertz CT molecular complexity index is 1700. The van der Waals surface area contributed by atoms with Crippen LogP contribution < -0.4 is 36.6 Å². The summed E-state index contributed by atoms with van der Waals surface area (Å²) in [5, 5.41) is 29.5. The van der Waals surface area contributed by atoms with E-state index in [9.17, 15) is 33.9 Å². The van der Waals surface area contributed by atoms with Crippen molar-refractivity contribution in [3.63, 3.8) is 0 Å². The van der Waals surface area contributed by atoms with Crippen molar-refractivity contribution in [1.82, 2.24) is 31.1 Å². The fourth-order valence-corrected chi connectivity index (χ4v) is 5.93. The molecule has 0 saturated carbocycles. The summed E-state index contributed by atoms with van der Waals surface area (Å²) in [5.74, 6) is -4.07. The zero-order valence-corrected chi connectivity index (χ0v) is 35.2. The van der Waals surface area contributed by atoms with Gasteiger partial charge >= 0.3 is 0 Å². The van der Waals surface area contributed by atoms with E-state index in [0.717, 1.165) is 26.4 Å². The van der Waals surface area contributed by atoms with Crippen molar-refractivity contribution in [1.29, 1.82) is 0 Å². The molecule has 0 unspecified atom stereocenters. The van der Waals surface area contributed by atoms with Crippen molar-refractivity contribution in [3.05, 3.63) is 60.2 Å². The number of ether oxygens (including phenoxy) is 1. The van der Waals surface area contributed by atoms with Gasteiger partial charge in [-0.3, -0.25) is 38.9 Å². The molecule has 1 heterocycles. The molecule has 6 amide bonds. The molecule has 59 heavy (non-hydrogen) atoms. The molecule has 4 atom stereocenters. The van der Waals surface area contributed by atoms with Crippen LogP contribution in [0.3, 0.4) is 0 Å². The van der Waals surface area contributed by atoms with E-state index < -0.39 is 72.4 Å². The summed E-state index contributed by atoms with van der Waals surface area (Å²) in [6.07, 6.45) is -0.307. The molecule has 0 aliphatic carbocycles. The van der Waals surface area contributed by atoms with Crippen LogP contribution in [0.4, 0.5) is 5.69 Å². The normalized spacial score (nSPS) is 15.2. The van der Waals surface area contributed by atoms with E-state index in [4.69, 9.17) is 20.4 Å². The lowest BCUT2D eigenvalue weighted by Crippen LogP contribution is -2.58. The Morgan fingerprint density at radius 2 is 1.59 bits per heavy atom. The molecule has 1 aliphatic rings. The fourth-order valence-electron chi connectivity index (χ4n) is 5.93. The number of nitrogens with two attached hydrogens (primary N) is 1. The van der Waals surface area contributed by atoms with Gasteiger partial charge in [0.2, 0.25) is 23.6 Å². The van der Waals surface area contributed by atoms with Crippen LogP contribution in [0.15, 0.2) is 54.6 Å². The number of hydrogen-bond acceptors (Lipinski definition) is 12. The minimum absolute atomic E-state index is 0.0585. The largest absolute Gasteiger partial charge is 0.484 e. The molecular formula is C41H62N8O10. The molecule has 0 bridgehead atoms. The van der Waals surface area contributed by atoms with Crippen LogP contribution >= 0.6 is 0 Å². The maximum atomic E-state index is 13.6. The Morgan fingerprint density at radius 1 is 0.966 bits per heavy atom. The quantitative estimate of drug-likeness (QED) is 0.0924. The van der Waals surface area contributed by atoms with Crippen molar-refractivity contribution < 1.29 is 48.5 Å². The number of imide groups is 1. The van der Waals surface area contributed by atoms with Gasteiger partial charge in [0.05, 0.1) is 25.0 Å². The monoisotopic (exact) mass is 826 g/mol. The van der Waals surface area contributed by atoms with Gasteiger partial charge in [0, 0.05) is 31.7 Å². The number of nitrogens with one attached hydrogen (secondary N) is 4. The van der Waals surface area contributed by atoms with Crippen LogP contribution in [0.1, 0.15) is 58.9 Å². The smallest absolute Gasteiger partial charge is 0.300 e. The molecule has 1 fully saturated rings. The lowest BCUT2D eigenvalue weighted by Gasteiger charge is -2.32. The Morgan fingerprint density at radius 3 is 2.19 bits per heavy atom. The van der Waals surface area contributed by atoms with Gasteiger partial charge in [-0.2, -0.15) is 0 Å². The summed E-state index contributed by atoms with van der Waals surface area (Å²) >= 11 is 0. The molecule has 8 N–H and O–H groups in total. The molecule has 0 radical (unpaired) electrons. The first kappa shape index (κ1) is 49.7. The lowest BCUT2D eigenvalue weighted by atomic mass is 9.99. The van der Waals surface area contributed by atoms with E-state index in [2.05, 4.69) is 26.2 Å². The molecule has 2 aromatic rings. The summed E-state index contributed by atoms with van der Waals surface area (Å²) in [6.45, 7) is 8.17. The highest BCUT2D eigenvalue weighted by Gasteiger charge is 2.40. The van der Waals surface area contributed by atoms with E-state index in [1.54, 1.807) is 61.6 Å². The third-order valence-electron chi connectivity index (χ3n) is 8.82. The van der Waals surface area contributed by atoms with Gasteiger partial charge in [-0.05, 0) is 103 Å². The molecule has 326 valence electrons. The zero-order valence-electron chi connectivity index (χ0n) is 35.2. The molecule has 1 saturated heterocycles. The minimum atomic E-state index is -1.72. The van der Waals surface area contributed by atoms with Gasteiger partial charge in [0.1, 0.15) is 11.8 Å². The predicted octanol–water partition coefficient (Wildman–Crippen LogP) is 0.0147. The van der Waals surface area contributed by atoms with Crippen molar-refractivity contribution in [2.24, 2.45) is 5.73 Å². The summed E-state index contributed by atoms with van der Waals surface area (Å²) in [7, 11) is 5.65. The number of amides is 6. The number of likely N-dealkylation sites (N-methyl/N-ethyl adjacent to an activating group) is 1. The maximum absolute atomic E-state index is 13.6. The van der Waals surface area contributed by atoms with E-state index >= 15 is 0 Å². The first-order valence-electron chi connectivity index (χ1n) is 19.5. The molecular weight excluding hydrogens is 764 g/mol. The topological polar surface area (TPSA) is 253 Å². The summed E-state index contributed by atoms with van der Waals surface area (Å²) < 4.78 is 5.49. The fraction of sp³-hybridized carbons (Fsp3) is 0.537. The number of aliphatic carboxylic acids is 1. The summed E-state index contributed by atoms with van der Waals surface area (Å²) in [5.41, 5.74) is 6.88. The van der Waals surface area contributed by atoms with Gasteiger partial charge in [0.25, 0.3) is 17.8 Å². The van der Waals surface area contributed by atoms with Crippen LogP contribution in [0, 0.1) is 0 Å². The predicted molar refractivity (Wildman–Crippen MR) is 221 cm³/mol. The SMILES string of the molecule is CC(=O)O.CN(C)CCCNCC(=O)N(C)c1ccc(OCC(=O)NC(=O)C[C@H](N)C(=O)N[C@@H](Cc2ccccc2)[C@H](O)C(=O)N2CCC[C@H]2C(=O)NC(C)(C)C)cc1. The molecule has 2 aromatic carbocycles. The molecule has 1 aliphatic heterocycles. The van der Waals surface area contributed by atoms with Crippen molar-refractivity contribution >= 4 is 47.1 Å². The number of carboxylic acids is 1. The second-order valence-electron chi connectivity index (χ2n) is 15.5. The van der Waals surface area contributed by atoms with Gasteiger partial charge in [-0.25, -0.2) is 0 Å². The summed E-state index contributed by atoms with van der Waals surface area (Å²) in [4.78, 5) is 91.4. The average Bonchev–Trinajstić information content (AvgIpc) is 3.66. The number of anilines is 1. The number of carboxylic acid groups (broad SMARTS) is 1. The standard InChI is InChI=1S/C39H58N8O8.C2H4O2/c1-39(2,3)44-37(53)31-14-10-21-47(31)38(54)35(51)30(22-26-12-8-7-9-13-26)42-36(52)29(40)23-32(48)43-33(49)25-55-28-17-15-27(16-18-28)46(6)34(50)24-41-19-11-20-45(4)5;1-2(3)4/h7-9,12-13,15-18,29-31,35,41,51H,10-11,14,19-25,40H2,1-6H3,(H,42,52)(H,44,53)(H,43,48,49);1H3,(H,3,4)/t29-,30-,31-,35-;/m0./s1. The number of hydrogen-bond donors (Lipinski definition) is 7. The van der Waals surface area contributed by atoms with Crippen LogP contribution in [0.5, 0.6) is 5.75 Å². The second kappa shape index (κ2) is 24.5. The minimum Gasteiger partial charge on any atom is -0.484 e. The zero-order chi connectivity index (χ0) is 44.3. The second-order valence-corrected chi connectivity index (χ2v) is 15.5. The van der Waals surface area contributed by atoms with Crippen LogP contribution in [-0.4, -0.2) is 145 Å². The number of aliphatic hydroxyl groups is 1. The molecule has 0 aromatic heterocycles. The number of benzene rings is 2. The van der Waals surface area contributed by atoms with Gasteiger partial charge < -0.3 is 51.3 Å². The van der Waals surface area contributed by atoms with Crippen molar-refractivity contribution in [2.75, 3.05) is 58.8 Å². The first-order valence-corrected chi connectivity index (χ1v) is 19.5. The third kappa shape index (κ3) is 18.8. The molecule has 18 nitrogen and oxygen atoms in total.